The third-order valence-electron chi connectivity index (χ3n) is 1.58. The molecule has 0 radical (unpaired) electrons. The van der Waals surface area contributed by atoms with Gasteiger partial charge in [-0.3, -0.25) is 0 Å². The zero-order valence-corrected chi connectivity index (χ0v) is 9.30. The highest BCUT2D eigenvalue weighted by Gasteiger charge is 2.29. The molecule has 0 aliphatic heterocycles. The SMILES string of the molecule is O=C(O)c1c(Br)cccc1OCC(F)(F)F. The van der Waals surface area contributed by atoms with Gasteiger partial charge in [0.15, 0.2) is 6.61 Å². The first kappa shape index (κ1) is 12.8. The highest BCUT2D eigenvalue weighted by Crippen LogP contribution is 2.28. The van der Waals surface area contributed by atoms with Gasteiger partial charge in [-0.05, 0) is 28.1 Å². The number of carboxylic acids is 1. The molecule has 0 saturated carbocycles. The quantitative estimate of drug-likeness (QED) is 0.933. The van der Waals surface area contributed by atoms with Crippen molar-refractivity contribution in [1.82, 2.24) is 0 Å². The summed E-state index contributed by atoms with van der Waals surface area (Å²) in [5.41, 5.74) is -0.327. The molecule has 1 aromatic carbocycles. The fourth-order valence-corrected chi connectivity index (χ4v) is 1.51. The van der Waals surface area contributed by atoms with Crippen LogP contribution >= 0.6 is 15.9 Å². The maximum atomic E-state index is 11.9. The van der Waals surface area contributed by atoms with Gasteiger partial charge in [-0.15, -0.1) is 0 Å². The molecule has 1 rings (SSSR count). The summed E-state index contributed by atoms with van der Waals surface area (Å²) in [5.74, 6) is -1.68. The molecule has 0 bridgehead atoms. The highest BCUT2D eigenvalue weighted by atomic mass is 79.9. The molecule has 0 aliphatic rings. The van der Waals surface area contributed by atoms with Gasteiger partial charge in [-0.2, -0.15) is 13.2 Å². The minimum atomic E-state index is -4.50. The molecular formula is C9H6BrF3O3. The summed E-state index contributed by atoms with van der Waals surface area (Å²) in [6.45, 7) is -1.52. The Morgan fingerprint density at radius 3 is 2.56 bits per heavy atom. The van der Waals surface area contributed by atoms with E-state index in [4.69, 9.17) is 5.11 Å². The second-order valence-electron chi connectivity index (χ2n) is 2.82. The van der Waals surface area contributed by atoms with Gasteiger partial charge >= 0.3 is 12.1 Å². The third kappa shape index (κ3) is 3.41. The maximum absolute atomic E-state index is 11.9. The Bertz CT molecular complexity index is 403. The van der Waals surface area contributed by atoms with Crippen molar-refractivity contribution in [2.45, 2.75) is 6.18 Å². The van der Waals surface area contributed by atoms with Crippen LogP contribution in [0.25, 0.3) is 0 Å². The van der Waals surface area contributed by atoms with Gasteiger partial charge in [-0.25, -0.2) is 4.79 Å². The van der Waals surface area contributed by atoms with Gasteiger partial charge in [-0.1, -0.05) is 6.07 Å². The van der Waals surface area contributed by atoms with Crippen LogP contribution in [0.1, 0.15) is 10.4 Å². The Kier molecular flexibility index (Phi) is 3.79. The average molecular weight is 299 g/mol. The first-order valence-corrected chi connectivity index (χ1v) is 4.82. The summed E-state index contributed by atoms with van der Waals surface area (Å²) in [6, 6.07) is 3.96. The lowest BCUT2D eigenvalue weighted by Crippen LogP contribution is -2.20. The fourth-order valence-electron chi connectivity index (χ4n) is 0.992. The molecule has 0 spiro atoms. The largest absolute Gasteiger partial charge is 0.483 e. The van der Waals surface area contributed by atoms with Crippen molar-refractivity contribution in [3.05, 3.63) is 28.2 Å². The summed E-state index contributed by atoms with van der Waals surface area (Å²) >= 11 is 2.93. The molecule has 0 aromatic heterocycles. The Hall–Kier alpha value is -1.24. The van der Waals surface area contributed by atoms with Crippen LogP contribution in [0.3, 0.4) is 0 Å². The van der Waals surface area contributed by atoms with Crippen molar-refractivity contribution in [2.24, 2.45) is 0 Å². The van der Waals surface area contributed by atoms with Gasteiger partial charge in [0.1, 0.15) is 11.3 Å². The van der Waals surface area contributed by atoms with Crippen molar-refractivity contribution < 1.29 is 27.8 Å². The van der Waals surface area contributed by atoms with Crippen LogP contribution < -0.4 is 4.74 Å². The van der Waals surface area contributed by atoms with E-state index >= 15 is 0 Å². The molecule has 3 nitrogen and oxygen atoms in total. The number of rotatable bonds is 3. The van der Waals surface area contributed by atoms with E-state index in [0.717, 1.165) is 0 Å². The van der Waals surface area contributed by atoms with Crippen LogP contribution in [0.4, 0.5) is 13.2 Å². The first-order chi connectivity index (χ1) is 7.31. The zero-order chi connectivity index (χ0) is 12.3. The van der Waals surface area contributed by atoms with Crippen molar-refractivity contribution in [2.75, 3.05) is 6.61 Å². The lowest BCUT2D eigenvalue weighted by atomic mass is 10.2. The number of hydrogen-bond donors (Lipinski definition) is 1. The summed E-state index contributed by atoms with van der Waals surface area (Å²) in [4.78, 5) is 10.8. The van der Waals surface area contributed by atoms with E-state index in [-0.39, 0.29) is 15.8 Å². The topological polar surface area (TPSA) is 46.5 Å². The standard InChI is InChI=1S/C9H6BrF3O3/c10-5-2-1-3-6(7(5)8(14)15)16-4-9(11,12)13/h1-3H,4H2,(H,14,15). The highest BCUT2D eigenvalue weighted by molar-refractivity contribution is 9.10. The van der Waals surface area contributed by atoms with E-state index in [1.165, 1.54) is 18.2 Å². The lowest BCUT2D eigenvalue weighted by Gasteiger charge is -2.11. The van der Waals surface area contributed by atoms with Gasteiger partial charge < -0.3 is 9.84 Å². The molecule has 0 unspecified atom stereocenters. The number of aromatic carboxylic acids is 1. The third-order valence-corrected chi connectivity index (χ3v) is 2.24. The van der Waals surface area contributed by atoms with Crippen molar-refractivity contribution in [1.29, 1.82) is 0 Å². The van der Waals surface area contributed by atoms with E-state index in [1.54, 1.807) is 0 Å². The maximum Gasteiger partial charge on any atom is 0.422 e. The second kappa shape index (κ2) is 4.73. The van der Waals surface area contributed by atoms with E-state index in [1.807, 2.05) is 0 Å². The van der Waals surface area contributed by atoms with Gasteiger partial charge in [0.25, 0.3) is 0 Å². The second-order valence-corrected chi connectivity index (χ2v) is 3.68. The van der Waals surface area contributed by atoms with E-state index in [9.17, 15) is 18.0 Å². The smallest absolute Gasteiger partial charge is 0.422 e. The Morgan fingerprint density at radius 2 is 2.06 bits per heavy atom. The summed E-state index contributed by atoms with van der Waals surface area (Å²) < 4.78 is 40.2. The lowest BCUT2D eigenvalue weighted by molar-refractivity contribution is -0.153. The van der Waals surface area contributed by atoms with Crippen LogP contribution in [-0.4, -0.2) is 23.9 Å². The molecule has 16 heavy (non-hydrogen) atoms. The number of halogens is 4. The zero-order valence-electron chi connectivity index (χ0n) is 7.71. The predicted molar refractivity (Wildman–Crippen MR) is 52.7 cm³/mol. The number of benzene rings is 1. The van der Waals surface area contributed by atoms with Crippen molar-refractivity contribution >= 4 is 21.9 Å². The molecular weight excluding hydrogens is 293 g/mol. The van der Waals surface area contributed by atoms with Gasteiger partial charge in [0.05, 0.1) is 0 Å². The number of hydrogen-bond acceptors (Lipinski definition) is 2. The Balaban J connectivity index is 2.96. The average Bonchev–Trinajstić information content (AvgIpc) is 2.12. The Labute approximate surface area is 97.0 Å². The van der Waals surface area contributed by atoms with Gasteiger partial charge in [0.2, 0.25) is 0 Å². The monoisotopic (exact) mass is 298 g/mol. The predicted octanol–water partition coefficient (Wildman–Crippen LogP) is 3.09. The molecule has 0 aliphatic carbocycles. The minimum Gasteiger partial charge on any atom is -0.483 e. The van der Waals surface area contributed by atoms with Crippen LogP contribution in [0, 0.1) is 0 Å². The number of alkyl halides is 3. The minimum absolute atomic E-state index is 0.166. The van der Waals surface area contributed by atoms with Crippen molar-refractivity contribution in [3.63, 3.8) is 0 Å². The molecule has 88 valence electrons. The van der Waals surface area contributed by atoms with Crippen LogP contribution in [0.2, 0.25) is 0 Å². The number of carboxylic acid groups (broad SMARTS) is 1. The fraction of sp³-hybridized carbons (Fsp3) is 0.222. The molecule has 0 atom stereocenters. The summed E-state index contributed by atoms with van der Waals surface area (Å²) in [7, 11) is 0. The molecule has 0 fully saturated rings. The summed E-state index contributed by atoms with van der Waals surface area (Å²) in [5, 5.41) is 8.78. The summed E-state index contributed by atoms with van der Waals surface area (Å²) in [6.07, 6.45) is -4.50. The van der Waals surface area contributed by atoms with Crippen LogP contribution in [0.5, 0.6) is 5.75 Å². The first-order valence-electron chi connectivity index (χ1n) is 4.02. The van der Waals surface area contributed by atoms with Crippen LogP contribution in [-0.2, 0) is 0 Å². The van der Waals surface area contributed by atoms with Crippen LogP contribution in [0.15, 0.2) is 22.7 Å². The molecule has 0 amide bonds. The molecule has 0 saturated heterocycles. The van der Waals surface area contributed by atoms with E-state index < -0.39 is 18.8 Å². The Morgan fingerprint density at radius 1 is 1.44 bits per heavy atom. The van der Waals surface area contributed by atoms with E-state index in [2.05, 4.69) is 20.7 Å². The number of carbonyl (C=O) groups is 1. The normalized spacial score (nSPS) is 11.2. The van der Waals surface area contributed by atoms with E-state index in [0.29, 0.717) is 0 Å². The molecule has 0 heterocycles. The molecule has 7 heteroatoms. The molecule has 1 aromatic rings. The van der Waals surface area contributed by atoms with Crippen molar-refractivity contribution in [3.8, 4) is 5.75 Å². The molecule has 1 N–H and O–H groups in total. The number of ether oxygens (including phenoxy) is 1. The van der Waals surface area contributed by atoms with Gasteiger partial charge in [0, 0.05) is 4.47 Å².